The molecule has 7 heteroatoms. The number of aromatic nitrogens is 4. The van der Waals surface area contributed by atoms with E-state index in [9.17, 15) is 4.79 Å². The van der Waals surface area contributed by atoms with E-state index < -0.39 is 0 Å². The zero-order chi connectivity index (χ0) is 15.4. The van der Waals surface area contributed by atoms with Gasteiger partial charge in [-0.25, -0.2) is 9.97 Å². The third-order valence-corrected chi connectivity index (χ3v) is 3.37. The van der Waals surface area contributed by atoms with Gasteiger partial charge in [-0.1, -0.05) is 30.3 Å². The van der Waals surface area contributed by atoms with Gasteiger partial charge >= 0.3 is 0 Å². The summed E-state index contributed by atoms with van der Waals surface area (Å²) in [6, 6.07) is 10.00. The molecule has 22 heavy (non-hydrogen) atoms. The van der Waals surface area contributed by atoms with E-state index in [1.54, 1.807) is 6.20 Å². The van der Waals surface area contributed by atoms with Crippen molar-refractivity contribution < 1.29 is 4.79 Å². The summed E-state index contributed by atoms with van der Waals surface area (Å²) in [5.74, 6) is 0.402. The number of carbonyl (C=O) groups is 1. The molecule has 112 valence electrons. The van der Waals surface area contributed by atoms with Crippen LogP contribution in [0.3, 0.4) is 0 Å². The largest absolute Gasteiger partial charge is 0.370 e. The lowest BCUT2D eigenvalue weighted by Gasteiger charge is -2.23. The monoisotopic (exact) mass is 296 g/mol. The van der Waals surface area contributed by atoms with Crippen LogP contribution in [0.1, 0.15) is 12.0 Å². The van der Waals surface area contributed by atoms with Crippen molar-refractivity contribution in [1.29, 1.82) is 0 Å². The van der Waals surface area contributed by atoms with Gasteiger partial charge in [-0.15, -0.1) is 0 Å². The Hall–Kier alpha value is -2.96. The van der Waals surface area contributed by atoms with Crippen LogP contribution in [0.2, 0.25) is 0 Å². The van der Waals surface area contributed by atoms with Crippen molar-refractivity contribution in [2.45, 2.75) is 13.0 Å². The van der Waals surface area contributed by atoms with Crippen LogP contribution in [0.5, 0.6) is 0 Å². The summed E-state index contributed by atoms with van der Waals surface area (Å²) < 4.78 is 0. The van der Waals surface area contributed by atoms with Crippen LogP contribution < -0.4 is 10.6 Å². The van der Waals surface area contributed by atoms with Crippen LogP contribution in [0.4, 0.5) is 5.82 Å². The number of nitrogens with zero attached hydrogens (tertiary/aromatic N) is 4. The minimum Gasteiger partial charge on any atom is -0.370 e. The number of benzene rings is 1. The molecule has 1 aromatic carbocycles. The Balaban J connectivity index is 1.93. The first kappa shape index (κ1) is 14.0. The molecule has 0 fully saturated rings. The highest BCUT2D eigenvalue weighted by Crippen LogP contribution is 2.22. The van der Waals surface area contributed by atoms with E-state index in [0.717, 1.165) is 16.8 Å². The normalized spacial score (nSPS) is 10.7. The van der Waals surface area contributed by atoms with Gasteiger partial charge in [0.05, 0.1) is 11.6 Å². The zero-order valence-corrected chi connectivity index (χ0v) is 11.9. The number of hydrogen-bond donors (Lipinski definition) is 2. The van der Waals surface area contributed by atoms with Gasteiger partial charge < -0.3 is 10.6 Å². The quantitative estimate of drug-likeness (QED) is 0.712. The molecule has 0 saturated heterocycles. The number of anilines is 1. The molecule has 2 heterocycles. The van der Waals surface area contributed by atoms with Gasteiger partial charge in [-0.05, 0) is 5.56 Å². The van der Waals surface area contributed by atoms with Gasteiger partial charge in [0.15, 0.2) is 5.65 Å². The van der Waals surface area contributed by atoms with Gasteiger partial charge in [0.25, 0.3) is 0 Å². The van der Waals surface area contributed by atoms with Crippen molar-refractivity contribution >= 4 is 22.8 Å². The average Bonchev–Trinajstić information content (AvgIpc) is 3.01. The van der Waals surface area contributed by atoms with Gasteiger partial charge in [0, 0.05) is 19.5 Å². The molecule has 3 N–H and O–H groups in total. The SMILES string of the molecule is NC(=O)CCN(Cc1ccccc1)c1ncnc2[nH]ncc12. The highest BCUT2D eigenvalue weighted by molar-refractivity contribution is 5.86. The standard InChI is InChI=1S/C15H16N6O/c16-13(22)6-7-21(9-11-4-2-1-3-5-11)15-12-8-19-20-14(12)17-10-18-15/h1-5,8,10H,6-7,9H2,(H2,16,22)(H,17,18,19,20). The average molecular weight is 296 g/mol. The molecule has 0 bridgehead atoms. The first-order valence-corrected chi connectivity index (χ1v) is 6.95. The van der Waals surface area contributed by atoms with E-state index in [0.29, 0.717) is 18.7 Å². The number of rotatable bonds is 6. The highest BCUT2D eigenvalue weighted by Gasteiger charge is 2.15. The summed E-state index contributed by atoms with van der Waals surface area (Å²) in [7, 11) is 0. The van der Waals surface area contributed by atoms with Crippen molar-refractivity contribution in [3.8, 4) is 0 Å². The lowest BCUT2D eigenvalue weighted by atomic mass is 10.2. The van der Waals surface area contributed by atoms with Crippen molar-refractivity contribution in [2.75, 3.05) is 11.4 Å². The Kier molecular flexibility index (Phi) is 3.95. The fourth-order valence-electron chi connectivity index (χ4n) is 2.31. The van der Waals surface area contributed by atoms with Crippen molar-refractivity contribution in [2.24, 2.45) is 5.73 Å². The predicted octanol–water partition coefficient (Wildman–Crippen LogP) is 1.23. The predicted molar refractivity (Wildman–Crippen MR) is 83.0 cm³/mol. The second kappa shape index (κ2) is 6.21. The van der Waals surface area contributed by atoms with Crippen molar-refractivity contribution in [1.82, 2.24) is 20.2 Å². The molecule has 0 radical (unpaired) electrons. The molecule has 2 aromatic heterocycles. The van der Waals surface area contributed by atoms with Gasteiger partial charge in [0.1, 0.15) is 12.1 Å². The molecule has 0 aliphatic rings. The minimum absolute atomic E-state index is 0.260. The Bertz CT molecular complexity index is 770. The second-order valence-electron chi connectivity index (χ2n) is 4.95. The number of amides is 1. The summed E-state index contributed by atoms with van der Waals surface area (Å²) in [6.45, 7) is 1.12. The summed E-state index contributed by atoms with van der Waals surface area (Å²) in [5.41, 5.74) is 7.08. The van der Waals surface area contributed by atoms with Gasteiger partial charge in [-0.3, -0.25) is 9.89 Å². The maximum Gasteiger partial charge on any atom is 0.219 e. The first-order chi connectivity index (χ1) is 10.7. The minimum atomic E-state index is -0.337. The highest BCUT2D eigenvalue weighted by atomic mass is 16.1. The molecular formula is C15H16N6O. The molecule has 3 aromatic rings. The van der Waals surface area contributed by atoms with Crippen LogP contribution in [0, 0.1) is 0 Å². The molecule has 3 rings (SSSR count). The Morgan fingerprint density at radius 3 is 2.82 bits per heavy atom. The fourth-order valence-corrected chi connectivity index (χ4v) is 2.31. The van der Waals surface area contributed by atoms with Crippen molar-refractivity contribution in [3.05, 3.63) is 48.4 Å². The van der Waals surface area contributed by atoms with Crippen LogP contribution in [-0.2, 0) is 11.3 Å². The van der Waals surface area contributed by atoms with Crippen LogP contribution in [0.25, 0.3) is 11.0 Å². The summed E-state index contributed by atoms with van der Waals surface area (Å²) in [5, 5.41) is 7.65. The maximum atomic E-state index is 11.1. The number of nitrogens with two attached hydrogens (primary N) is 1. The second-order valence-corrected chi connectivity index (χ2v) is 4.95. The molecule has 0 spiro atoms. The summed E-state index contributed by atoms with van der Waals surface area (Å²) in [4.78, 5) is 21.7. The number of nitrogens with one attached hydrogen (secondary N) is 1. The Morgan fingerprint density at radius 1 is 1.23 bits per heavy atom. The zero-order valence-electron chi connectivity index (χ0n) is 11.9. The van der Waals surface area contributed by atoms with E-state index in [4.69, 9.17) is 5.73 Å². The topological polar surface area (TPSA) is 101 Å². The first-order valence-electron chi connectivity index (χ1n) is 6.95. The van der Waals surface area contributed by atoms with E-state index in [1.165, 1.54) is 6.33 Å². The van der Waals surface area contributed by atoms with Crippen LogP contribution in [0.15, 0.2) is 42.9 Å². The number of carbonyl (C=O) groups excluding carboxylic acids is 1. The molecule has 0 saturated carbocycles. The lowest BCUT2D eigenvalue weighted by Crippen LogP contribution is -2.28. The van der Waals surface area contributed by atoms with E-state index >= 15 is 0 Å². The van der Waals surface area contributed by atoms with Gasteiger partial charge in [0.2, 0.25) is 5.91 Å². The molecule has 0 atom stereocenters. The van der Waals surface area contributed by atoms with Crippen molar-refractivity contribution in [3.63, 3.8) is 0 Å². The molecule has 0 aliphatic heterocycles. The molecule has 0 aliphatic carbocycles. The molecule has 7 nitrogen and oxygen atoms in total. The van der Waals surface area contributed by atoms with E-state index in [-0.39, 0.29) is 12.3 Å². The third kappa shape index (κ3) is 3.03. The summed E-state index contributed by atoms with van der Waals surface area (Å²) >= 11 is 0. The number of H-pyrrole nitrogens is 1. The summed E-state index contributed by atoms with van der Waals surface area (Å²) in [6.07, 6.45) is 3.43. The van der Waals surface area contributed by atoms with E-state index in [1.807, 2.05) is 35.2 Å². The number of fused-ring (bicyclic) bond motifs is 1. The maximum absolute atomic E-state index is 11.1. The Morgan fingerprint density at radius 2 is 2.05 bits per heavy atom. The molecule has 0 unspecified atom stereocenters. The van der Waals surface area contributed by atoms with E-state index in [2.05, 4.69) is 20.2 Å². The van der Waals surface area contributed by atoms with Crippen LogP contribution in [-0.4, -0.2) is 32.6 Å². The number of primary amides is 1. The number of hydrogen-bond acceptors (Lipinski definition) is 5. The Labute approximate surface area is 127 Å². The number of aromatic amines is 1. The molecule has 1 amide bonds. The smallest absolute Gasteiger partial charge is 0.219 e. The third-order valence-electron chi connectivity index (χ3n) is 3.37. The lowest BCUT2D eigenvalue weighted by molar-refractivity contribution is -0.117. The van der Waals surface area contributed by atoms with Gasteiger partial charge in [-0.2, -0.15) is 5.10 Å². The van der Waals surface area contributed by atoms with Crippen LogP contribution >= 0.6 is 0 Å². The molecular weight excluding hydrogens is 280 g/mol. The fraction of sp³-hybridized carbons (Fsp3) is 0.200.